The van der Waals surface area contributed by atoms with E-state index in [9.17, 15) is 10.1 Å². The maximum Gasteiger partial charge on any atom is 0.309 e. The second-order valence-electron chi connectivity index (χ2n) is 4.13. The summed E-state index contributed by atoms with van der Waals surface area (Å²) in [6.45, 7) is 5.71. The quantitative estimate of drug-likeness (QED) is 0.620. The molecular formula is C12H15N5O2. The van der Waals surface area contributed by atoms with Crippen LogP contribution in [-0.4, -0.2) is 24.4 Å². The van der Waals surface area contributed by atoms with Crippen LogP contribution in [0.1, 0.15) is 31.1 Å². The van der Waals surface area contributed by atoms with Gasteiger partial charge < -0.3 is 0 Å². The summed E-state index contributed by atoms with van der Waals surface area (Å²) in [5.41, 5.74) is 1.27. The van der Waals surface area contributed by atoms with E-state index in [1.165, 1.54) is 6.20 Å². The van der Waals surface area contributed by atoms with Crippen LogP contribution in [0.2, 0.25) is 0 Å². The molecule has 0 amide bonds. The van der Waals surface area contributed by atoms with Crippen molar-refractivity contribution < 1.29 is 4.92 Å². The second-order valence-corrected chi connectivity index (χ2v) is 4.13. The molecule has 0 saturated carbocycles. The van der Waals surface area contributed by atoms with Crippen molar-refractivity contribution in [2.75, 3.05) is 0 Å². The molecule has 19 heavy (non-hydrogen) atoms. The lowest BCUT2D eigenvalue weighted by atomic mass is 10.3. The van der Waals surface area contributed by atoms with Gasteiger partial charge in [-0.3, -0.25) is 14.7 Å². The van der Waals surface area contributed by atoms with E-state index in [0.717, 1.165) is 17.9 Å². The van der Waals surface area contributed by atoms with E-state index >= 15 is 0 Å². The molecule has 7 heteroatoms. The van der Waals surface area contributed by atoms with E-state index in [2.05, 4.69) is 15.0 Å². The Morgan fingerprint density at radius 3 is 2.63 bits per heavy atom. The van der Waals surface area contributed by atoms with Gasteiger partial charge in [0.15, 0.2) is 0 Å². The lowest BCUT2D eigenvalue weighted by Crippen LogP contribution is -2.08. The van der Waals surface area contributed by atoms with Crippen LogP contribution in [0.25, 0.3) is 5.95 Å². The van der Waals surface area contributed by atoms with Gasteiger partial charge in [-0.05, 0) is 13.3 Å². The lowest BCUT2D eigenvalue weighted by Gasteiger charge is -2.06. The summed E-state index contributed by atoms with van der Waals surface area (Å²) in [5.74, 6) is 1.27. The van der Waals surface area contributed by atoms with E-state index in [4.69, 9.17) is 0 Å². The fourth-order valence-electron chi connectivity index (χ4n) is 1.90. The fraction of sp³-hybridized carbons (Fsp3) is 0.417. The van der Waals surface area contributed by atoms with E-state index in [1.54, 1.807) is 4.57 Å². The van der Waals surface area contributed by atoms with E-state index in [1.807, 2.05) is 27.0 Å². The van der Waals surface area contributed by atoms with Crippen LogP contribution in [0.4, 0.5) is 5.69 Å². The predicted octanol–water partition coefficient (Wildman–Crippen LogP) is 2.00. The summed E-state index contributed by atoms with van der Waals surface area (Å²) in [6.07, 6.45) is 4.33. The first-order valence-corrected chi connectivity index (χ1v) is 6.12. The monoisotopic (exact) mass is 261 g/mol. The second kappa shape index (κ2) is 5.13. The zero-order valence-corrected chi connectivity index (χ0v) is 11.1. The Kier molecular flexibility index (Phi) is 3.55. The first kappa shape index (κ1) is 13.1. The van der Waals surface area contributed by atoms with Gasteiger partial charge in [0.1, 0.15) is 17.7 Å². The molecule has 0 atom stereocenters. The summed E-state index contributed by atoms with van der Waals surface area (Å²) >= 11 is 0. The van der Waals surface area contributed by atoms with Crippen LogP contribution in [0.5, 0.6) is 0 Å². The Bertz CT molecular complexity index is 621. The van der Waals surface area contributed by atoms with Crippen molar-refractivity contribution in [3.63, 3.8) is 0 Å². The van der Waals surface area contributed by atoms with Gasteiger partial charge in [-0.25, -0.2) is 15.0 Å². The third-order valence-electron chi connectivity index (χ3n) is 2.80. The minimum atomic E-state index is -0.456. The van der Waals surface area contributed by atoms with Gasteiger partial charge in [-0.1, -0.05) is 13.8 Å². The molecule has 0 aliphatic heterocycles. The average molecular weight is 261 g/mol. The highest BCUT2D eigenvalue weighted by Gasteiger charge is 2.17. The first-order chi connectivity index (χ1) is 9.06. The van der Waals surface area contributed by atoms with Crippen molar-refractivity contribution in [3.05, 3.63) is 39.7 Å². The highest BCUT2D eigenvalue weighted by molar-refractivity contribution is 5.35. The van der Waals surface area contributed by atoms with Gasteiger partial charge in [0.2, 0.25) is 5.95 Å². The molecule has 100 valence electrons. The van der Waals surface area contributed by atoms with Crippen LogP contribution in [-0.2, 0) is 12.8 Å². The molecule has 0 N–H and O–H groups in total. The van der Waals surface area contributed by atoms with Gasteiger partial charge >= 0.3 is 5.69 Å². The highest BCUT2D eigenvalue weighted by atomic mass is 16.6. The van der Waals surface area contributed by atoms with Gasteiger partial charge in [-0.2, -0.15) is 0 Å². The molecule has 0 aliphatic carbocycles. The Labute approximate surface area is 110 Å². The minimum Gasteiger partial charge on any atom is -0.271 e. The van der Waals surface area contributed by atoms with Gasteiger partial charge in [0.05, 0.1) is 10.6 Å². The smallest absolute Gasteiger partial charge is 0.271 e. The Morgan fingerprint density at radius 2 is 2.05 bits per heavy atom. The molecule has 2 aromatic heterocycles. The fourth-order valence-corrected chi connectivity index (χ4v) is 1.90. The van der Waals surface area contributed by atoms with E-state index < -0.39 is 4.92 Å². The van der Waals surface area contributed by atoms with Crippen molar-refractivity contribution in [2.45, 2.75) is 33.6 Å². The van der Waals surface area contributed by atoms with Crippen LogP contribution < -0.4 is 0 Å². The molecular weight excluding hydrogens is 246 g/mol. The molecule has 0 radical (unpaired) electrons. The minimum absolute atomic E-state index is 0.0406. The zero-order valence-electron chi connectivity index (χ0n) is 11.1. The Balaban J connectivity index is 2.54. The average Bonchev–Trinajstić information content (AvgIpc) is 2.79. The van der Waals surface area contributed by atoms with Crippen molar-refractivity contribution in [1.29, 1.82) is 0 Å². The molecule has 0 bridgehead atoms. The molecule has 0 aromatic carbocycles. The lowest BCUT2D eigenvalue weighted by molar-refractivity contribution is -0.386. The molecule has 0 fully saturated rings. The number of aromatic nitrogens is 4. The molecule has 0 saturated heterocycles. The Hall–Kier alpha value is -2.31. The third-order valence-corrected chi connectivity index (χ3v) is 2.80. The maximum absolute atomic E-state index is 10.9. The van der Waals surface area contributed by atoms with E-state index in [-0.39, 0.29) is 5.69 Å². The number of hydrogen-bond donors (Lipinski definition) is 0. The topological polar surface area (TPSA) is 86.7 Å². The molecule has 2 heterocycles. The number of imidazole rings is 1. The summed E-state index contributed by atoms with van der Waals surface area (Å²) in [6, 6.07) is 0. The highest BCUT2D eigenvalue weighted by Crippen LogP contribution is 2.18. The van der Waals surface area contributed by atoms with Crippen molar-refractivity contribution in [1.82, 2.24) is 19.5 Å². The van der Waals surface area contributed by atoms with Gasteiger partial charge in [0.25, 0.3) is 0 Å². The molecule has 2 aromatic rings. The van der Waals surface area contributed by atoms with Crippen LogP contribution >= 0.6 is 0 Å². The summed E-state index contributed by atoms with van der Waals surface area (Å²) in [5, 5.41) is 10.9. The van der Waals surface area contributed by atoms with Crippen molar-refractivity contribution in [3.8, 4) is 5.95 Å². The van der Waals surface area contributed by atoms with Gasteiger partial charge in [-0.15, -0.1) is 0 Å². The van der Waals surface area contributed by atoms with E-state index in [0.29, 0.717) is 18.1 Å². The van der Waals surface area contributed by atoms with Gasteiger partial charge in [0, 0.05) is 12.6 Å². The zero-order chi connectivity index (χ0) is 14.0. The Morgan fingerprint density at radius 1 is 1.32 bits per heavy atom. The number of rotatable bonds is 4. The molecule has 0 aliphatic rings. The first-order valence-electron chi connectivity index (χ1n) is 6.12. The normalized spacial score (nSPS) is 10.7. The van der Waals surface area contributed by atoms with Crippen molar-refractivity contribution >= 4 is 5.69 Å². The van der Waals surface area contributed by atoms with Crippen LogP contribution in [0.15, 0.2) is 12.4 Å². The molecule has 2 rings (SSSR count). The summed E-state index contributed by atoms with van der Waals surface area (Å²) in [4.78, 5) is 23.1. The van der Waals surface area contributed by atoms with Crippen LogP contribution in [0, 0.1) is 17.0 Å². The third kappa shape index (κ3) is 2.44. The summed E-state index contributed by atoms with van der Waals surface area (Å²) < 4.78 is 1.78. The predicted molar refractivity (Wildman–Crippen MR) is 69.3 cm³/mol. The number of aryl methyl sites for hydroxylation is 3. The molecule has 0 spiro atoms. The molecule has 0 unspecified atom stereocenters. The SMILES string of the molecule is CCc1nc(-n2cc(C)nc2CC)ncc1[N+](=O)[O-]. The number of hydrogen-bond acceptors (Lipinski definition) is 5. The largest absolute Gasteiger partial charge is 0.309 e. The number of nitrogens with zero attached hydrogens (tertiary/aromatic N) is 5. The maximum atomic E-state index is 10.9. The van der Waals surface area contributed by atoms with Crippen molar-refractivity contribution in [2.24, 2.45) is 0 Å². The van der Waals surface area contributed by atoms with Crippen LogP contribution in [0.3, 0.4) is 0 Å². The molecule has 7 nitrogen and oxygen atoms in total. The number of nitro groups is 1. The summed E-state index contributed by atoms with van der Waals surface area (Å²) in [7, 11) is 0. The standard InChI is InChI=1S/C12H15N5O2/c1-4-9-10(17(18)19)6-13-12(15-9)16-7-8(3)14-11(16)5-2/h6-7H,4-5H2,1-3H3.